The quantitative estimate of drug-likeness (QED) is 0.661. The Morgan fingerprint density at radius 2 is 2.15 bits per heavy atom. The zero-order valence-corrected chi connectivity index (χ0v) is 9.52. The molecule has 0 aromatic rings. The minimum absolute atomic E-state index is 0.00316. The fourth-order valence-electron chi connectivity index (χ4n) is 1.75. The first-order valence-corrected chi connectivity index (χ1v) is 6.32. The van der Waals surface area contributed by atoms with E-state index in [1.165, 1.54) is 24.6 Å². The standard InChI is InChI=1S/C10H21NOS/c1-3-13-5-4-11(2)8-9-6-10(12)7-9/h9-10,12H,3-8H2,1-2H3. The fraction of sp³-hybridized carbons (Fsp3) is 1.00. The van der Waals surface area contributed by atoms with E-state index in [1.807, 2.05) is 11.8 Å². The molecular formula is C10H21NOS. The van der Waals surface area contributed by atoms with E-state index in [4.69, 9.17) is 5.11 Å². The summed E-state index contributed by atoms with van der Waals surface area (Å²) in [6.45, 7) is 4.55. The van der Waals surface area contributed by atoms with Crippen molar-refractivity contribution in [3.05, 3.63) is 0 Å². The van der Waals surface area contributed by atoms with Crippen LogP contribution in [-0.4, -0.2) is 47.8 Å². The molecule has 1 N–H and O–H groups in total. The van der Waals surface area contributed by atoms with Crippen LogP contribution in [0.3, 0.4) is 0 Å². The van der Waals surface area contributed by atoms with Crippen LogP contribution in [0.4, 0.5) is 0 Å². The minimum atomic E-state index is 0.00316. The third-order valence-corrected chi connectivity index (χ3v) is 3.48. The SMILES string of the molecule is CCSCCN(C)CC1CC(O)C1. The van der Waals surface area contributed by atoms with Crippen LogP contribution in [0.5, 0.6) is 0 Å². The van der Waals surface area contributed by atoms with Gasteiger partial charge in [0.15, 0.2) is 0 Å². The number of rotatable bonds is 6. The lowest BCUT2D eigenvalue weighted by Gasteiger charge is -2.34. The third kappa shape index (κ3) is 4.34. The first kappa shape index (κ1) is 11.3. The number of nitrogens with zero attached hydrogens (tertiary/aromatic N) is 1. The van der Waals surface area contributed by atoms with Gasteiger partial charge in [0.1, 0.15) is 0 Å². The van der Waals surface area contributed by atoms with Gasteiger partial charge in [0, 0.05) is 18.8 Å². The molecular weight excluding hydrogens is 182 g/mol. The highest BCUT2D eigenvalue weighted by Crippen LogP contribution is 2.27. The molecule has 2 nitrogen and oxygen atoms in total. The van der Waals surface area contributed by atoms with Crippen molar-refractivity contribution in [3.63, 3.8) is 0 Å². The Morgan fingerprint density at radius 1 is 1.46 bits per heavy atom. The number of thioether (sulfide) groups is 1. The molecule has 0 saturated heterocycles. The molecule has 1 fully saturated rings. The maximum Gasteiger partial charge on any atom is 0.0546 e. The van der Waals surface area contributed by atoms with Crippen molar-refractivity contribution >= 4 is 11.8 Å². The summed E-state index contributed by atoms with van der Waals surface area (Å²) in [4.78, 5) is 2.39. The number of aliphatic hydroxyl groups excluding tert-OH is 1. The van der Waals surface area contributed by atoms with E-state index in [0.717, 1.165) is 18.8 Å². The highest BCUT2D eigenvalue weighted by molar-refractivity contribution is 7.99. The Balaban J connectivity index is 1.95. The van der Waals surface area contributed by atoms with Crippen LogP contribution < -0.4 is 0 Å². The van der Waals surface area contributed by atoms with Crippen molar-refractivity contribution in [1.29, 1.82) is 0 Å². The van der Waals surface area contributed by atoms with Crippen molar-refractivity contribution in [1.82, 2.24) is 4.90 Å². The third-order valence-electron chi connectivity index (χ3n) is 2.60. The largest absolute Gasteiger partial charge is 0.393 e. The molecule has 0 heterocycles. The molecule has 0 aliphatic heterocycles. The second-order valence-electron chi connectivity index (χ2n) is 3.95. The van der Waals surface area contributed by atoms with Crippen LogP contribution in [-0.2, 0) is 0 Å². The molecule has 0 aromatic carbocycles. The number of hydrogen-bond acceptors (Lipinski definition) is 3. The molecule has 1 aliphatic carbocycles. The van der Waals surface area contributed by atoms with Crippen LogP contribution in [0, 0.1) is 5.92 Å². The van der Waals surface area contributed by atoms with Gasteiger partial charge in [-0.1, -0.05) is 6.92 Å². The van der Waals surface area contributed by atoms with Crippen molar-refractivity contribution in [2.75, 3.05) is 31.6 Å². The minimum Gasteiger partial charge on any atom is -0.393 e. The van der Waals surface area contributed by atoms with Crippen LogP contribution in [0.15, 0.2) is 0 Å². The van der Waals surface area contributed by atoms with Crippen molar-refractivity contribution < 1.29 is 5.11 Å². The topological polar surface area (TPSA) is 23.5 Å². The summed E-state index contributed by atoms with van der Waals surface area (Å²) in [7, 11) is 2.18. The van der Waals surface area contributed by atoms with Crippen LogP contribution in [0.1, 0.15) is 19.8 Å². The lowest BCUT2D eigenvalue weighted by Crippen LogP contribution is -2.37. The summed E-state index contributed by atoms with van der Waals surface area (Å²) in [6, 6.07) is 0. The predicted octanol–water partition coefficient (Wildman–Crippen LogP) is 1.44. The molecule has 0 bridgehead atoms. The van der Waals surface area contributed by atoms with E-state index >= 15 is 0 Å². The lowest BCUT2D eigenvalue weighted by atomic mass is 9.82. The molecule has 13 heavy (non-hydrogen) atoms. The summed E-state index contributed by atoms with van der Waals surface area (Å²) >= 11 is 2.00. The van der Waals surface area contributed by atoms with Gasteiger partial charge in [-0.05, 0) is 31.6 Å². The van der Waals surface area contributed by atoms with Gasteiger partial charge in [-0.2, -0.15) is 11.8 Å². The summed E-state index contributed by atoms with van der Waals surface area (Å²) in [5.74, 6) is 3.21. The summed E-state index contributed by atoms with van der Waals surface area (Å²) in [5, 5.41) is 9.12. The summed E-state index contributed by atoms with van der Waals surface area (Å²) < 4.78 is 0. The Labute approximate surface area is 85.7 Å². The average molecular weight is 203 g/mol. The van der Waals surface area contributed by atoms with Gasteiger partial charge in [-0.25, -0.2) is 0 Å². The van der Waals surface area contributed by atoms with E-state index in [0.29, 0.717) is 0 Å². The molecule has 1 rings (SSSR count). The Morgan fingerprint density at radius 3 is 2.69 bits per heavy atom. The zero-order chi connectivity index (χ0) is 9.68. The highest BCUT2D eigenvalue weighted by Gasteiger charge is 2.27. The average Bonchev–Trinajstić information content (AvgIpc) is 2.02. The molecule has 0 unspecified atom stereocenters. The molecule has 1 saturated carbocycles. The Kier molecular flexibility index (Phi) is 5.14. The monoisotopic (exact) mass is 203 g/mol. The molecule has 0 amide bonds. The second kappa shape index (κ2) is 5.89. The fourth-order valence-corrected chi connectivity index (χ4v) is 2.48. The van der Waals surface area contributed by atoms with Gasteiger partial charge in [-0.15, -0.1) is 0 Å². The Bertz CT molecular complexity index is 137. The van der Waals surface area contributed by atoms with Crippen LogP contribution >= 0.6 is 11.8 Å². The maximum atomic E-state index is 9.12. The van der Waals surface area contributed by atoms with Gasteiger partial charge >= 0.3 is 0 Å². The van der Waals surface area contributed by atoms with Crippen LogP contribution in [0.25, 0.3) is 0 Å². The van der Waals surface area contributed by atoms with Crippen LogP contribution in [0.2, 0.25) is 0 Å². The van der Waals surface area contributed by atoms with Crippen molar-refractivity contribution in [2.45, 2.75) is 25.9 Å². The Hall–Kier alpha value is 0.270. The van der Waals surface area contributed by atoms with Gasteiger partial charge in [-0.3, -0.25) is 0 Å². The summed E-state index contributed by atoms with van der Waals surface area (Å²) in [6.07, 6.45) is 2.04. The first-order chi connectivity index (χ1) is 6.22. The van der Waals surface area contributed by atoms with E-state index in [9.17, 15) is 0 Å². The van der Waals surface area contributed by atoms with Crippen molar-refractivity contribution in [2.24, 2.45) is 5.92 Å². The smallest absolute Gasteiger partial charge is 0.0546 e. The molecule has 0 radical (unpaired) electrons. The zero-order valence-electron chi connectivity index (χ0n) is 8.70. The molecule has 3 heteroatoms. The van der Waals surface area contributed by atoms with Gasteiger partial charge in [0.05, 0.1) is 6.10 Å². The van der Waals surface area contributed by atoms with Gasteiger partial charge in [0.25, 0.3) is 0 Å². The first-order valence-electron chi connectivity index (χ1n) is 5.16. The van der Waals surface area contributed by atoms with E-state index < -0.39 is 0 Å². The molecule has 78 valence electrons. The molecule has 0 aromatic heterocycles. The maximum absolute atomic E-state index is 9.12. The highest BCUT2D eigenvalue weighted by atomic mass is 32.2. The van der Waals surface area contributed by atoms with E-state index in [2.05, 4.69) is 18.9 Å². The van der Waals surface area contributed by atoms with Gasteiger partial charge < -0.3 is 10.0 Å². The second-order valence-corrected chi connectivity index (χ2v) is 5.34. The van der Waals surface area contributed by atoms with E-state index in [-0.39, 0.29) is 6.10 Å². The molecule has 0 spiro atoms. The molecule has 1 aliphatic rings. The summed E-state index contributed by atoms with van der Waals surface area (Å²) in [5.41, 5.74) is 0. The molecule has 0 atom stereocenters. The lowest BCUT2D eigenvalue weighted by molar-refractivity contribution is 0.0292. The normalized spacial score (nSPS) is 27.7. The number of aliphatic hydroxyl groups is 1. The van der Waals surface area contributed by atoms with E-state index in [1.54, 1.807) is 0 Å². The predicted molar refractivity (Wildman–Crippen MR) is 59.2 cm³/mol. The number of hydrogen-bond donors (Lipinski definition) is 1. The van der Waals surface area contributed by atoms with Gasteiger partial charge in [0.2, 0.25) is 0 Å². The van der Waals surface area contributed by atoms with Crippen molar-refractivity contribution in [3.8, 4) is 0 Å².